The average Bonchev–Trinajstić information content (AvgIpc) is 2.93. The standard InChI is InChI=1S/C11H16BrN3S/c1-6(13-11-15-14-10(12)16-11)9-5-7-2-3-8(9)4-7/h6-9H,2-5H2,1H3,(H,13,15). The van der Waals surface area contributed by atoms with Gasteiger partial charge in [-0.15, -0.1) is 10.2 Å². The third kappa shape index (κ3) is 1.99. The fraction of sp³-hybridized carbons (Fsp3) is 0.818. The molecule has 1 aromatic heterocycles. The highest BCUT2D eigenvalue weighted by atomic mass is 79.9. The lowest BCUT2D eigenvalue weighted by Crippen LogP contribution is -2.29. The van der Waals surface area contributed by atoms with Gasteiger partial charge in [0.15, 0.2) is 3.92 Å². The molecule has 0 amide bonds. The van der Waals surface area contributed by atoms with E-state index in [2.05, 4.69) is 38.4 Å². The molecule has 0 aliphatic heterocycles. The number of hydrogen-bond acceptors (Lipinski definition) is 4. The Morgan fingerprint density at radius 3 is 2.81 bits per heavy atom. The van der Waals surface area contributed by atoms with E-state index in [0.29, 0.717) is 6.04 Å². The van der Waals surface area contributed by atoms with Gasteiger partial charge in [-0.05, 0) is 59.9 Å². The van der Waals surface area contributed by atoms with Crippen LogP contribution in [0.15, 0.2) is 3.92 Å². The number of fused-ring (bicyclic) bond motifs is 2. The van der Waals surface area contributed by atoms with Crippen LogP contribution in [-0.4, -0.2) is 16.2 Å². The molecular formula is C11H16BrN3S. The summed E-state index contributed by atoms with van der Waals surface area (Å²) in [4.78, 5) is 0. The molecule has 4 unspecified atom stereocenters. The van der Waals surface area contributed by atoms with Crippen LogP contribution in [0.4, 0.5) is 5.13 Å². The summed E-state index contributed by atoms with van der Waals surface area (Å²) >= 11 is 4.92. The van der Waals surface area contributed by atoms with Gasteiger partial charge in [-0.1, -0.05) is 17.8 Å². The van der Waals surface area contributed by atoms with E-state index in [0.717, 1.165) is 26.8 Å². The smallest absolute Gasteiger partial charge is 0.206 e. The van der Waals surface area contributed by atoms with Crippen molar-refractivity contribution in [2.75, 3.05) is 5.32 Å². The minimum atomic E-state index is 0.537. The van der Waals surface area contributed by atoms with Crippen molar-refractivity contribution in [3.63, 3.8) is 0 Å². The van der Waals surface area contributed by atoms with E-state index in [1.165, 1.54) is 25.7 Å². The van der Waals surface area contributed by atoms with Crippen LogP contribution >= 0.6 is 27.3 Å². The van der Waals surface area contributed by atoms with Crippen molar-refractivity contribution in [1.29, 1.82) is 0 Å². The summed E-state index contributed by atoms with van der Waals surface area (Å²) in [6, 6.07) is 0.537. The first-order chi connectivity index (χ1) is 7.72. The van der Waals surface area contributed by atoms with E-state index in [4.69, 9.17) is 0 Å². The van der Waals surface area contributed by atoms with Crippen molar-refractivity contribution in [3.05, 3.63) is 3.92 Å². The monoisotopic (exact) mass is 301 g/mol. The molecule has 0 saturated heterocycles. The number of nitrogens with zero attached hydrogens (tertiary/aromatic N) is 2. The van der Waals surface area contributed by atoms with Gasteiger partial charge in [-0.3, -0.25) is 0 Å². The second-order valence-corrected chi connectivity index (χ2v) is 7.39. The lowest BCUT2D eigenvalue weighted by Gasteiger charge is -2.28. The zero-order chi connectivity index (χ0) is 11.1. The minimum Gasteiger partial charge on any atom is -0.357 e. The second kappa shape index (κ2) is 4.26. The summed E-state index contributed by atoms with van der Waals surface area (Å²) in [7, 11) is 0. The van der Waals surface area contributed by atoms with E-state index in [1.807, 2.05) is 0 Å². The van der Waals surface area contributed by atoms with Gasteiger partial charge in [0.25, 0.3) is 0 Å². The molecule has 2 bridgehead atoms. The van der Waals surface area contributed by atoms with Crippen molar-refractivity contribution in [2.45, 2.75) is 38.6 Å². The number of halogens is 1. The van der Waals surface area contributed by atoms with Crippen molar-refractivity contribution in [1.82, 2.24) is 10.2 Å². The Morgan fingerprint density at radius 1 is 1.38 bits per heavy atom. The summed E-state index contributed by atoms with van der Waals surface area (Å²) < 4.78 is 0.857. The van der Waals surface area contributed by atoms with Crippen LogP contribution < -0.4 is 5.32 Å². The highest BCUT2D eigenvalue weighted by Gasteiger charge is 2.41. The SMILES string of the molecule is CC(Nc1nnc(Br)s1)C1CC2CCC1C2. The molecule has 5 heteroatoms. The highest BCUT2D eigenvalue weighted by Crippen LogP contribution is 2.49. The maximum absolute atomic E-state index is 4.10. The molecule has 1 aromatic rings. The molecule has 16 heavy (non-hydrogen) atoms. The van der Waals surface area contributed by atoms with Crippen LogP contribution in [0.3, 0.4) is 0 Å². The van der Waals surface area contributed by atoms with Crippen LogP contribution in [0.1, 0.15) is 32.6 Å². The van der Waals surface area contributed by atoms with E-state index in [1.54, 1.807) is 11.3 Å². The maximum Gasteiger partial charge on any atom is 0.206 e. The normalized spacial score (nSPS) is 34.2. The van der Waals surface area contributed by atoms with E-state index < -0.39 is 0 Å². The Bertz CT molecular complexity index is 381. The lowest BCUT2D eigenvalue weighted by molar-refractivity contribution is 0.304. The van der Waals surface area contributed by atoms with Crippen LogP contribution in [-0.2, 0) is 0 Å². The molecule has 0 radical (unpaired) electrons. The quantitative estimate of drug-likeness (QED) is 0.928. The van der Waals surface area contributed by atoms with E-state index in [9.17, 15) is 0 Å². The molecule has 3 rings (SSSR count). The first kappa shape index (κ1) is 11.0. The zero-order valence-electron chi connectivity index (χ0n) is 9.32. The van der Waals surface area contributed by atoms with Crippen molar-refractivity contribution in [2.24, 2.45) is 17.8 Å². The summed E-state index contributed by atoms with van der Waals surface area (Å²) in [5, 5.41) is 12.5. The number of hydrogen-bond donors (Lipinski definition) is 1. The van der Waals surface area contributed by atoms with Crippen LogP contribution in [0, 0.1) is 17.8 Å². The van der Waals surface area contributed by atoms with Gasteiger partial charge in [0.1, 0.15) is 0 Å². The predicted octanol–water partition coefficient (Wildman–Crippen LogP) is 3.54. The minimum absolute atomic E-state index is 0.537. The number of rotatable bonds is 3. The summed E-state index contributed by atoms with van der Waals surface area (Å²) in [6.45, 7) is 2.29. The Hall–Kier alpha value is -0.160. The van der Waals surface area contributed by atoms with Crippen molar-refractivity contribution < 1.29 is 0 Å². The van der Waals surface area contributed by atoms with Gasteiger partial charge in [0.2, 0.25) is 5.13 Å². The molecule has 1 N–H and O–H groups in total. The van der Waals surface area contributed by atoms with Gasteiger partial charge in [-0.25, -0.2) is 0 Å². The number of nitrogens with one attached hydrogen (secondary N) is 1. The molecule has 0 spiro atoms. The first-order valence-corrected chi connectivity index (χ1v) is 7.59. The van der Waals surface area contributed by atoms with Gasteiger partial charge in [-0.2, -0.15) is 0 Å². The maximum atomic E-state index is 4.10. The second-order valence-electron chi connectivity index (χ2n) is 5.13. The highest BCUT2D eigenvalue weighted by molar-refractivity contribution is 9.11. The van der Waals surface area contributed by atoms with Gasteiger partial charge < -0.3 is 5.32 Å². The molecule has 2 aliphatic carbocycles. The molecule has 2 aliphatic rings. The van der Waals surface area contributed by atoms with Crippen LogP contribution in [0.5, 0.6) is 0 Å². The summed E-state index contributed by atoms with van der Waals surface area (Å²) in [6.07, 6.45) is 5.80. The van der Waals surface area contributed by atoms with Gasteiger partial charge in [0.05, 0.1) is 0 Å². The fourth-order valence-electron chi connectivity index (χ4n) is 3.47. The van der Waals surface area contributed by atoms with E-state index in [-0.39, 0.29) is 0 Å². The van der Waals surface area contributed by atoms with Crippen LogP contribution in [0.2, 0.25) is 0 Å². The van der Waals surface area contributed by atoms with Gasteiger partial charge >= 0.3 is 0 Å². The number of aromatic nitrogens is 2. The molecule has 3 nitrogen and oxygen atoms in total. The Balaban J connectivity index is 1.63. The molecule has 1 heterocycles. The fourth-order valence-corrected chi connectivity index (χ4v) is 4.58. The summed E-state index contributed by atoms with van der Waals surface area (Å²) in [5.41, 5.74) is 0. The lowest BCUT2D eigenvalue weighted by atomic mass is 9.84. The largest absolute Gasteiger partial charge is 0.357 e. The molecule has 4 atom stereocenters. The topological polar surface area (TPSA) is 37.8 Å². The first-order valence-electron chi connectivity index (χ1n) is 5.98. The number of anilines is 1. The predicted molar refractivity (Wildman–Crippen MR) is 69.6 cm³/mol. The zero-order valence-corrected chi connectivity index (χ0v) is 11.7. The Morgan fingerprint density at radius 2 is 2.25 bits per heavy atom. The van der Waals surface area contributed by atoms with Gasteiger partial charge in [0, 0.05) is 6.04 Å². The Kier molecular flexibility index (Phi) is 2.92. The summed E-state index contributed by atoms with van der Waals surface area (Å²) in [5.74, 6) is 2.82. The molecular weight excluding hydrogens is 286 g/mol. The van der Waals surface area contributed by atoms with Crippen molar-refractivity contribution >= 4 is 32.4 Å². The van der Waals surface area contributed by atoms with Crippen molar-refractivity contribution in [3.8, 4) is 0 Å². The molecule has 2 fully saturated rings. The third-order valence-electron chi connectivity index (χ3n) is 4.19. The molecule has 2 saturated carbocycles. The van der Waals surface area contributed by atoms with E-state index >= 15 is 0 Å². The average molecular weight is 302 g/mol. The molecule has 88 valence electrons. The molecule has 0 aromatic carbocycles. The van der Waals surface area contributed by atoms with Crippen LogP contribution in [0.25, 0.3) is 0 Å². The third-order valence-corrected chi connectivity index (χ3v) is 5.47. The Labute approximate surface area is 108 Å².